The second kappa shape index (κ2) is 4.65. The number of hydrogen-bond acceptors (Lipinski definition) is 4. The van der Waals surface area contributed by atoms with Crippen LogP contribution in [0, 0.1) is 0 Å². The fraction of sp³-hybridized carbons (Fsp3) is 0.556. The molecule has 0 spiro atoms. The minimum Gasteiger partial charge on any atom is -0.480 e. The van der Waals surface area contributed by atoms with E-state index in [0.717, 1.165) is 0 Å². The molecule has 1 rings (SSSR count). The van der Waals surface area contributed by atoms with E-state index < -0.39 is 21.1 Å². The second-order valence-corrected chi connectivity index (χ2v) is 5.75. The third kappa shape index (κ3) is 2.82. The first kappa shape index (κ1) is 12.7. The highest BCUT2D eigenvalue weighted by molar-refractivity contribution is 7.92. The third-order valence-corrected chi connectivity index (χ3v) is 4.34. The van der Waals surface area contributed by atoms with Gasteiger partial charge in [0.15, 0.2) is 15.1 Å². The molecule has 90 valence electrons. The zero-order valence-corrected chi connectivity index (χ0v) is 9.94. The predicted octanol–water partition coefficient (Wildman–Crippen LogP) is 0.198. The van der Waals surface area contributed by atoms with Crippen LogP contribution in [0.2, 0.25) is 0 Å². The molecule has 0 aromatic carbocycles. The van der Waals surface area contributed by atoms with Gasteiger partial charge in [0, 0.05) is 18.8 Å². The maximum atomic E-state index is 11.8. The Morgan fingerprint density at radius 3 is 2.62 bits per heavy atom. The molecule has 0 saturated carbocycles. The quantitative estimate of drug-likeness (QED) is 0.801. The molecule has 1 unspecified atom stereocenters. The van der Waals surface area contributed by atoms with Crippen molar-refractivity contribution < 1.29 is 18.3 Å². The third-order valence-electron chi connectivity index (χ3n) is 2.21. The molecule has 0 fully saturated rings. The highest BCUT2D eigenvalue weighted by Crippen LogP contribution is 2.13. The molecule has 0 bridgehead atoms. The molecule has 0 amide bonds. The molecule has 1 heterocycles. The summed E-state index contributed by atoms with van der Waals surface area (Å²) in [5.41, 5.74) is 0.502. The summed E-state index contributed by atoms with van der Waals surface area (Å²) in [6, 6.07) is 0. The van der Waals surface area contributed by atoms with Crippen molar-refractivity contribution in [3.05, 3.63) is 18.0 Å². The number of sulfone groups is 1. The summed E-state index contributed by atoms with van der Waals surface area (Å²) < 4.78 is 25.0. The van der Waals surface area contributed by atoms with Gasteiger partial charge in [-0.3, -0.25) is 9.48 Å². The van der Waals surface area contributed by atoms with Gasteiger partial charge in [-0.1, -0.05) is 6.92 Å². The van der Waals surface area contributed by atoms with E-state index in [0.29, 0.717) is 5.56 Å². The lowest BCUT2D eigenvalue weighted by atomic mass is 10.3. The molecule has 0 aliphatic heterocycles. The van der Waals surface area contributed by atoms with Gasteiger partial charge >= 0.3 is 5.97 Å². The Balaban J connectivity index is 2.90. The van der Waals surface area contributed by atoms with Crippen LogP contribution >= 0.6 is 0 Å². The summed E-state index contributed by atoms with van der Waals surface area (Å²) in [4.78, 5) is 10.8. The first-order valence-electron chi connectivity index (χ1n) is 4.78. The van der Waals surface area contributed by atoms with Gasteiger partial charge in [-0.15, -0.1) is 0 Å². The topological polar surface area (TPSA) is 89.3 Å². The maximum absolute atomic E-state index is 11.8. The molecule has 0 aliphatic rings. The Hall–Kier alpha value is -1.37. The van der Waals surface area contributed by atoms with Crippen LogP contribution in [0.5, 0.6) is 0 Å². The monoisotopic (exact) mass is 246 g/mol. The minimum atomic E-state index is -3.66. The molecular formula is C9H14N2O4S. The lowest BCUT2D eigenvalue weighted by molar-refractivity contribution is -0.136. The number of hydrogen-bond donors (Lipinski definition) is 1. The van der Waals surface area contributed by atoms with Crippen LogP contribution in [-0.4, -0.2) is 34.5 Å². The summed E-state index contributed by atoms with van der Waals surface area (Å²) >= 11 is 0. The van der Waals surface area contributed by atoms with Gasteiger partial charge in [0.2, 0.25) is 0 Å². The summed E-state index contributed by atoms with van der Waals surface area (Å²) in [7, 11) is -1.99. The van der Waals surface area contributed by atoms with Crippen LogP contribution in [0.15, 0.2) is 12.4 Å². The van der Waals surface area contributed by atoms with Crippen molar-refractivity contribution in [2.45, 2.75) is 24.3 Å². The van der Waals surface area contributed by atoms with Gasteiger partial charge < -0.3 is 5.11 Å². The molecule has 7 heteroatoms. The van der Waals surface area contributed by atoms with E-state index in [-0.39, 0.29) is 12.2 Å². The van der Waals surface area contributed by atoms with Gasteiger partial charge in [0.25, 0.3) is 0 Å². The minimum absolute atomic E-state index is 0.0674. The van der Waals surface area contributed by atoms with E-state index >= 15 is 0 Å². The lowest BCUT2D eigenvalue weighted by Crippen LogP contribution is -2.30. The number of carbonyl (C=O) groups is 1. The fourth-order valence-corrected chi connectivity index (χ4v) is 3.09. The standard InChI is InChI=1S/C9H14N2O4S/c1-3-8(9(12)13)16(14,15)6-7-4-10-11(2)5-7/h4-5,8H,3,6H2,1-2H3,(H,12,13). The molecule has 1 aromatic rings. The van der Waals surface area contributed by atoms with Crippen LogP contribution in [0.4, 0.5) is 0 Å². The Kier molecular flexibility index (Phi) is 3.69. The van der Waals surface area contributed by atoms with E-state index in [1.54, 1.807) is 20.2 Å². The van der Waals surface area contributed by atoms with Crippen LogP contribution in [-0.2, 0) is 27.4 Å². The van der Waals surface area contributed by atoms with Crippen LogP contribution in [0.25, 0.3) is 0 Å². The SMILES string of the molecule is CCC(C(=O)O)S(=O)(=O)Cc1cnn(C)c1. The molecule has 0 aliphatic carbocycles. The Bertz CT molecular complexity index is 477. The predicted molar refractivity (Wildman–Crippen MR) is 57.5 cm³/mol. The smallest absolute Gasteiger partial charge is 0.321 e. The van der Waals surface area contributed by atoms with Crippen molar-refractivity contribution in [3.8, 4) is 0 Å². The van der Waals surface area contributed by atoms with Crippen molar-refractivity contribution in [2.24, 2.45) is 7.05 Å². The first-order chi connectivity index (χ1) is 7.36. The molecule has 1 atom stereocenters. The summed E-state index contributed by atoms with van der Waals surface area (Å²) in [6.45, 7) is 1.54. The van der Waals surface area contributed by atoms with Gasteiger partial charge in [-0.2, -0.15) is 5.10 Å². The van der Waals surface area contributed by atoms with E-state index in [1.165, 1.54) is 10.9 Å². The number of aliphatic carboxylic acids is 1. The molecule has 16 heavy (non-hydrogen) atoms. The number of nitrogens with zero attached hydrogens (tertiary/aromatic N) is 2. The van der Waals surface area contributed by atoms with E-state index in [4.69, 9.17) is 5.11 Å². The number of aromatic nitrogens is 2. The number of carboxylic acids is 1. The van der Waals surface area contributed by atoms with Crippen LogP contribution in [0.3, 0.4) is 0 Å². The van der Waals surface area contributed by atoms with Crippen molar-refractivity contribution in [1.29, 1.82) is 0 Å². The van der Waals surface area contributed by atoms with Crippen LogP contribution < -0.4 is 0 Å². The van der Waals surface area contributed by atoms with E-state index in [9.17, 15) is 13.2 Å². The van der Waals surface area contributed by atoms with Gasteiger partial charge in [0.05, 0.1) is 11.9 Å². The van der Waals surface area contributed by atoms with Crippen molar-refractivity contribution in [3.63, 3.8) is 0 Å². The Morgan fingerprint density at radius 2 is 2.25 bits per heavy atom. The summed E-state index contributed by atoms with van der Waals surface area (Å²) in [5, 5.41) is 11.3. The number of rotatable bonds is 5. The van der Waals surface area contributed by atoms with E-state index in [2.05, 4.69) is 5.10 Å². The van der Waals surface area contributed by atoms with Gasteiger partial charge in [-0.05, 0) is 6.42 Å². The molecule has 1 N–H and O–H groups in total. The Morgan fingerprint density at radius 1 is 1.62 bits per heavy atom. The molecule has 0 radical (unpaired) electrons. The fourth-order valence-electron chi connectivity index (χ4n) is 1.46. The number of aryl methyl sites for hydroxylation is 1. The van der Waals surface area contributed by atoms with Crippen LogP contribution in [0.1, 0.15) is 18.9 Å². The molecule has 1 aromatic heterocycles. The zero-order chi connectivity index (χ0) is 12.3. The highest BCUT2D eigenvalue weighted by Gasteiger charge is 2.30. The maximum Gasteiger partial charge on any atom is 0.321 e. The molecular weight excluding hydrogens is 232 g/mol. The molecule has 6 nitrogen and oxygen atoms in total. The number of carboxylic acid groups (broad SMARTS) is 1. The molecule has 0 saturated heterocycles. The normalized spacial score (nSPS) is 13.6. The van der Waals surface area contributed by atoms with Gasteiger partial charge in [0.1, 0.15) is 0 Å². The van der Waals surface area contributed by atoms with Crippen molar-refractivity contribution >= 4 is 15.8 Å². The second-order valence-electron chi connectivity index (χ2n) is 3.56. The Labute approximate surface area is 93.8 Å². The van der Waals surface area contributed by atoms with E-state index in [1.807, 2.05) is 0 Å². The first-order valence-corrected chi connectivity index (χ1v) is 6.50. The summed E-state index contributed by atoms with van der Waals surface area (Å²) in [5.74, 6) is -1.59. The lowest BCUT2D eigenvalue weighted by Gasteiger charge is -2.09. The highest BCUT2D eigenvalue weighted by atomic mass is 32.2. The van der Waals surface area contributed by atoms with Crippen molar-refractivity contribution in [2.75, 3.05) is 0 Å². The van der Waals surface area contributed by atoms with Crippen molar-refractivity contribution in [1.82, 2.24) is 9.78 Å². The summed E-state index contributed by atoms with van der Waals surface area (Å²) in [6.07, 6.45) is 3.05. The van der Waals surface area contributed by atoms with Gasteiger partial charge in [-0.25, -0.2) is 8.42 Å². The zero-order valence-electron chi connectivity index (χ0n) is 9.12. The average molecular weight is 246 g/mol. The average Bonchev–Trinajstić information content (AvgIpc) is 2.49. The largest absolute Gasteiger partial charge is 0.480 e.